The van der Waals surface area contributed by atoms with Crippen molar-refractivity contribution < 1.29 is 9.47 Å². The molecule has 1 aliphatic rings. The maximum atomic E-state index is 6.22. The van der Waals surface area contributed by atoms with Gasteiger partial charge in [0.25, 0.3) is 5.88 Å². The maximum absolute atomic E-state index is 6.22. The molecule has 1 aliphatic heterocycles. The maximum Gasteiger partial charge on any atom is 0.257 e. The van der Waals surface area contributed by atoms with Gasteiger partial charge in [0.15, 0.2) is 10.8 Å². The smallest absolute Gasteiger partial charge is 0.257 e. The standard InChI is InChI=1S/C19H19ClN8O2/c1-10-5-6-13(17(22-10)29-3)28-11(2)14-18(26-28)30-8-4-7-27-16-12(15(20)25-27)9-21-19(23-14)24-16/h5-6,9H,4,7-8H2,1-3H3,(H,21,23,24). The molecule has 5 heterocycles. The normalized spacial score (nSPS) is 13.5. The molecule has 2 bridgehead atoms. The Balaban J connectivity index is 1.64. The van der Waals surface area contributed by atoms with Crippen LogP contribution in [0, 0.1) is 13.8 Å². The molecule has 0 spiro atoms. The van der Waals surface area contributed by atoms with E-state index < -0.39 is 0 Å². The summed E-state index contributed by atoms with van der Waals surface area (Å²) in [6.07, 6.45) is 2.38. The van der Waals surface area contributed by atoms with Crippen molar-refractivity contribution in [3.05, 3.63) is 34.9 Å². The number of ether oxygens (including phenoxy) is 2. The van der Waals surface area contributed by atoms with Crippen LogP contribution in [0.15, 0.2) is 18.3 Å². The predicted molar refractivity (Wildman–Crippen MR) is 111 cm³/mol. The Labute approximate surface area is 176 Å². The van der Waals surface area contributed by atoms with Crippen molar-refractivity contribution in [2.24, 2.45) is 0 Å². The van der Waals surface area contributed by atoms with E-state index in [1.165, 1.54) is 0 Å². The number of halogens is 1. The molecule has 30 heavy (non-hydrogen) atoms. The third-order valence-electron chi connectivity index (χ3n) is 4.92. The third kappa shape index (κ3) is 3.00. The molecule has 0 aromatic carbocycles. The van der Waals surface area contributed by atoms with Crippen LogP contribution in [0.5, 0.6) is 11.8 Å². The van der Waals surface area contributed by atoms with E-state index in [1.54, 1.807) is 22.7 Å². The number of pyridine rings is 1. The Hall–Kier alpha value is -3.40. The van der Waals surface area contributed by atoms with Gasteiger partial charge in [0.05, 0.1) is 24.8 Å². The Bertz CT molecular complexity index is 1270. The van der Waals surface area contributed by atoms with E-state index in [1.807, 2.05) is 26.0 Å². The number of aromatic nitrogens is 7. The van der Waals surface area contributed by atoms with Gasteiger partial charge in [-0.25, -0.2) is 19.3 Å². The summed E-state index contributed by atoms with van der Waals surface area (Å²) < 4.78 is 15.0. The average Bonchev–Trinajstić information content (AvgIpc) is 3.21. The zero-order chi connectivity index (χ0) is 20.8. The molecule has 0 radical (unpaired) electrons. The highest BCUT2D eigenvalue weighted by Gasteiger charge is 2.22. The Morgan fingerprint density at radius 2 is 2.07 bits per heavy atom. The molecule has 0 unspecified atom stereocenters. The molecule has 4 aromatic heterocycles. The van der Waals surface area contributed by atoms with Crippen molar-refractivity contribution in [2.75, 3.05) is 19.0 Å². The molecule has 4 aromatic rings. The fourth-order valence-electron chi connectivity index (χ4n) is 3.43. The van der Waals surface area contributed by atoms with E-state index in [2.05, 4.69) is 30.5 Å². The van der Waals surface area contributed by atoms with Crippen molar-refractivity contribution in [3.63, 3.8) is 0 Å². The van der Waals surface area contributed by atoms with Gasteiger partial charge in [0.2, 0.25) is 11.8 Å². The SMILES string of the molecule is COc1nc(C)ccc1-n1nc2c(c1C)Nc1ncc3c(Cl)nn(c3n1)CCCO2. The number of nitrogens with one attached hydrogen (secondary N) is 1. The zero-order valence-corrected chi connectivity index (χ0v) is 17.4. The highest BCUT2D eigenvalue weighted by Crippen LogP contribution is 2.34. The molecule has 0 amide bonds. The van der Waals surface area contributed by atoms with Crippen molar-refractivity contribution in [1.82, 2.24) is 34.5 Å². The van der Waals surface area contributed by atoms with Gasteiger partial charge in [0, 0.05) is 24.9 Å². The molecule has 154 valence electrons. The number of fused-ring (bicyclic) bond motifs is 2. The molecule has 1 N–H and O–H groups in total. The molecule has 0 saturated heterocycles. The Morgan fingerprint density at radius 3 is 2.90 bits per heavy atom. The average molecular weight is 427 g/mol. The van der Waals surface area contributed by atoms with Crippen LogP contribution in [-0.2, 0) is 6.54 Å². The summed E-state index contributed by atoms with van der Waals surface area (Å²) in [6.45, 7) is 4.91. The summed E-state index contributed by atoms with van der Waals surface area (Å²) in [5, 5.41) is 13.4. The third-order valence-corrected chi connectivity index (χ3v) is 5.20. The van der Waals surface area contributed by atoms with E-state index >= 15 is 0 Å². The Kier molecular flexibility index (Phi) is 4.43. The second-order valence-electron chi connectivity index (χ2n) is 6.93. The number of methoxy groups -OCH3 is 1. The minimum absolute atomic E-state index is 0.387. The molecule has 11 heteroatoms. The van der Waals surface area contributed by atoms with Gasteiger partial charge in [-0.1, -0.05) is 11.6 Å². The first-order valence-corrected chi connectivity index (χ1v) is 9.83. The molecule has 0 saturated carbocycles. The fraction of sp³-hybridized carbons (Fsp3) is 0.316. The summed E-state index contributed by atoms with van der Waals surface area (Å²) in [5.74, 6) is 1.34. The molecule has 10 nitrogen and oxygen atoms in total. The Morgan fingerprint density at radius 1 is 1.20 bits per heavy atom. The van der Waals surface area contributed by atoms with Crippen molar-refractivity contribution in [2.45, 2.75) is 26.8 Å². The van der Waals surface area contributed by atoms with Crippen LogP contribution in [0.1, 0.15) is 17.8 Å². The first-order valence-electron chi connectivity index (χ1n) is 9.45. The number of anilines is 2. The lowest BCUT2D eigenvalue weighted by molar-refractivity contribution is 0.288. The summed E-state index contributed by atoms with van der Waals surface area (Å²) in [7, 11) is 1.59. The van der Waals surface area contributed by atoms with Crippen LogP contribution in [0.3, 0.4) is 0 Å². The first-order chi connectivity index (χ1) is 14.5. The van der Waals surface area contributed by atoms with Gasteiger partial charge in [-0.15, -0.1) is 5.10 Å². The minimum Gasteiger partial charge on any atom is -0.479 e. The van der Waals surface area contributed by atoms with Gasteiger partial charge >= 0.3 is 0 Å². The summed E-state index contributed by atoms with van der Waals surface area (Å²) in [5.41, 5.74) is 3.73. The highest BCUT2D eigenvalue weighted by molar-refractivity contribution is 6.34. The van der Waals surface area contributed by atoms with Crippen molar-refractivity contribution in [3.8, 4) is 17.4 Å². The van der Waals surface area contributed by atoms with E-state index in [-0.39, 0.29) is 0 Å². The predicted octanol–water partition coefficient (Wildman–Crippen LogP) is 3.21. The zero-order valence-electron chi connectivity index (χ0n) is 16.7. The van der Waals surface area contributed by atoms with Gasteiger partial charge in [0.1, 0.15) is 11.4 Å². The number of rotatable bonds is 2. The van der Waals surface area contributed by atoms with Crippen LogP contribution in [0.25, 0.3) is 16.7 Å². The lowest BCUT2D eigenvalue weighted by atomic mass is 10.3. The van der Waals surface area contributed by atoms with E-state index in [0.717, 1.165) is 11.4 Å². The van der Waals surface area contributed by atoms with Gasteiger partial charge < -0.3 is 14.8 Å². The largest absolute Gasteiger partial charge is 0.479 e. The van der Waals surface area contributed by atoms with Crippen LogP contribution < -0.4 is 14.8 Å². The van der Waals surface area contributed by atoms with Crippen LogP contribution in [0.2, 0.25) is 5.15 Å². The van der Waals surface area contributed by atoms with E-state index in [0.29, 0.717) is 64.8 Å². The van der Waals surface area contributed by atoms with Crippen LogP contribution >= 0.6 is 11.6 Å². The molecular formula is C19H19ClN8O2. The van der Waals surface area contributed by atoms with Gasteiger partial charge in [-0.3, -0.25) is 0 Å². The lowest BCUT2D eigenvalue weighted by Crippen LogP contribution is -2.07. The molecule has 0 fully saturated rings. The molecular weight excluding hydrogens is 408 g/mol. The molecule has 0 aliphatic carbocycles. The summed E-state index contributed by atoms with van der Waals surface area (Å²) in [6, 6.07) is 3.83. The first kappa shape index (κ1) is 18.6. The number of aryl methyl sites for hydroxylation is 2. The minimum atomic E-state index is 0.387. The van der Waals surface area contributed by atoms with Crippen molar-refractivity contribution >= 4 is 34.3 Å². The van der Waals surface area contributed by atoms with Crippen LogP contribution in [0.4, 0.5) is 11.6 Å². The van der Waals surface area contributed by atoms with Gasteiger partial charge in [-0.2, -0.15) is 10.1 Å². The van der Waals surface area contributed by atoms with Crippen LogP contribution in [-0.4, -0.2) is 48.2 Å². The highest BCUT2D eigenvalue weighted by atomic mass is 35.5. The molecule has 0 atom stereocenters. The fourth-order valence-corrected chi connectivity index (χ4v) is 3.65. The van der Waals surface area contributed by atoms with Gasteiger partial charge in [-0.05, 0) is 26.0 Å². The monoisotopic (exact) mass is 426 g/mol. The van der Waals surface area contributed by atoms with Crippen molar-refractivity contribution in [1.29, 1.82) is 0 Å². The topological polar surface area (TPSA) is 105 Å². The van der Waals surface area contributed by atoms with E-state index in [9.17, 15) is 0 Å². The summed E-state index contributed by atoms with van der Waals surface area (Å²) >= 11 is 6.22. The second kappa shape index (κ2) is 7.13. The summed E-state index contributed by atoms with van der Waals surface area (Å²) in [4.78, 5) is 13.4. The number of hydrogen-bond donors (Lipinski definition) is 1. The van der Waals surface area contributed by atoms with E-state index in [4.69, 9.17) is 21.1 Å². The quantitative estimate of drug-likeness (QED) is 0.521. The second-order valence-corrected chi connectivity index (χ2v) is 7.29. The number of nitrogens with zero attached hydrogens (tertiary/aromatic N) is 7. The lowest BCUT2D eigenvalue weighted by Gasteiger charge is -2.10. The molecule has 5 rings (SSSR count). The number of hydrogen-bond acceptors (Lipinski definition) is 8.